The van der Waals surface area contributed by atoms with Crippen molar-refractivity contribution in [3.05, 3.63) is 69.3 Å². The minimum absolute atomic E-state index is 0.120. The van der Waals surface area contributed by atoms with Gasteiger partial charge in [0.15, 0.2) is 5.13 Å². The molecule has 0 radical (unpaired) electrons. The molecule has 11 heteroatoms. The quantitative estimate of drug-likeness (QED) is 0.449. The van der Waals surface area contributed by atoms with Crippen LogP contribution in [0, 0.1) is 13.8 Å². The number of methoxy groups -OCH3 is 2. The summed E-state index contributed by atoms with van der Waals surface area (Å²) in [6.45, 7) is 3.79. The maximum Gasteiger partial charge on any atom is 0.283 e. The Kier molecular flexibility index (Phi) is 6.77. The molecule has 9 nitrogen and oxygen atoms in total. The van der Waals surface area contributed by atoms with E-state index in [1.54, 1.807) is 36.4 Å². The van der Waals surface area contributed by atoms with E-state index in [4.69, 9.17) is 21.1 Å². The number of anilines is 3. The van der Waals surface area contributed by atoms with Crippen molar-refractivity contribution < 1.29 is 23.9 Å². The van der Waals surface area contributed by atoms with E-state index >= 15 is 0 Å². The Bertz CT molecular complexity index is 1360. The smallest absolute Gasteiger partial charge is 0.283 e. The highest BCUT2D eigenvalue weighted by Crippen LogP contribution is 2.38. The van der Waals surface area contributed by atoms with Gasteiger partial charge in [-0.1, -0.05) is 17.7 Å². The molecule has 1 aliphatic rings. The van der Waals surface area contributed by atoms with Gasteiger partial charge < -0.3 is 14.8 Å². The van der Waals surface area contributed by atoms with Gasteiger partial charge in [0.2, 0.25) is 0 Å². The second-order valence-corrected chi connectivity index (χ2v) is 9.07. The van der Waals surface area contributed by atoms with E-state index in [-0.39, 0.29) is 22.3 Å². The predicted molar refractivity (Wildman–Crippen MR) is 135 cm³/mol. The first-order valence-corrected chi connectivity index (χ1v) is 11.6. The molecule has 1 aromatic heterocycles. The zero-order chi connectivity index (χ0) is 25.3. The van der Waals surface area contributed by atoms with Gasteiger partial charge in [-0.15, -0.1) is 11.3 Å². The highest BCUT2D eigenvalue weighted by atomic mass is 35.5. The van der Waals surface area contributed by atoms with Crippen LogP contribution in [0.3, 0.4) is 0 Å². The van der Waals surface area contributed by atoms with Crippen LogP contribution >= 0.6 is 22.9 Å². The Labute approximate surface area is 210 Å². The van der Waals surface area contributed by atoms with Gasteiger partial charge in [-0.2, -0.15) is 0 Å². The van der Waals surface area contributed by atoms with Gasteiger partial charge in [0.1, 0.15) is 22.2 Å². The van der Waals surface area contributed by atoms with Crippen molar-refractivity contribution in [3.8, 4) is 11.5 Å². The van der Waals surface area contributed by atoms with Crippen LogP contribution in [-0.2, 0) is 9.59 Å². The van der Waals surface area contributed by atoms with Gasteiger partial charge in [-0.25, -0.2) is 9.88 Å². The zero-order valence-corrected chi connectivity index (χ0v) is 20.8. The number of carbonyl (C=O) groups is 3. The van der Waals surface area contributed by atoms with E-state index in [2.05, 4.69) is 15.6 Å². The Morgan fingerprint density at radius 1 is 1.06 bits per heavy atom. The van der Waals surface area contributed by atoms with Crippen LogP contribution in [0.2, 0.25) is 0 Å². The molecule has 2 aromatic carbocycles. The van der Waals surface area contributed by atoms with E-state index in [1.165, 1.54) is 31.6 Å². The fourth-order valence-electron chi connectivity index (χ4n) is 3.38. The number of hydrogen-bond acceptors (Lipinski definition) is 8. The number of rotatable bonds is 7. The molecule has 0 unspecified atom stereocenters. The standard InChI is InChI=1S/C24H21ClN4O5S/c1-12-13(2)35-24(26-12)28-21(30)14-6-5-7-15(10-14)27-20-19(25)22(31)29(23(20)32)17-11-16(33-3)8-9-18(17)34-4/h5-11,27H,1-4H3,(H,26,28,30). The number of aromatic nitrogens is 1. The summed E-state index contributed by atoms with van der Waals surface area (Å²) in [6.07, 6.45) is 0. The van der Waals surface area contributed by atoms with Crippen LogP contribution in [0.15, 0.2) is 53.2 Å². The lowest BCUT2D eigenvalue weighted by molar-refractivity contribution is -0.120. The number of benzene rings is 2. The number of thiazole rings is 1. The van der Waals surface area contributed by atoms with E-state index in [0.717, 1.165) is 15.5 Å². The summed E-state index contributed by atoms with van der Waals surface area (Å²) in [5.74, 6) is -1.02. The second-order valence-electron chi connectivity index (χ2n) is 7.49. The fraction of sp³-hybridized carbons (Fsp3) is 0.167. The van der Waals surface area contributed by atoms with Gasteiger partial charge in [0.05, 0.1) is 25.6 Å². The first-order valence-electron chi connectivity index (χ1n) is 10.4. The number of aryl methyl sites for hydroxylation is 2. The summed E-state index contributed by atoms with van der Waals surface area (Å²) in [5.41, 5.74) is 1.66. The average Bonchev–Trinajstić information content (AvgIpc) is 3.27. The number of nitrogens with zero attached hydrogens (tertiary/aromatic N) is 2. The first-order chi connectivity index (χ1) is 16.7. The average molecular weight is 513 g/mol. The summed E-state index contributed by atoms with van der Waals surface area (Å²) in [6, 6.07) is 11.2. The van der Waals surface area contributed by atoms with Crippen LogP contribution < -0.4 is 25.0 Å². The van der Waals surface area contributed by atoms with Crippen LogP contribution in [-0.4, -0.2) is 36.9 Å². The summed E-state index contributed by atoms with van der Waals surface area (Å²) >= 11 is 7.64. The molecule has 180 valence electrons. The molecule has 0 saturated heterocycles. The maximum atomic E-state index is 13.2. The number of carbonyl (C=O) groups excluding carboxylic acids is 3. The molecule has 0 aliphatic carbocycles. The van der Waals surface area contributed by atoms with Crippen molar-refractivity contribution >= 4 is 57.2 Å². The molecule has 3 aromatic rings. The van der Waals surface area contributed by atoms with Crippen LogP contribution in [0.4, 0.5) is 16.5 Å². The second kappa shape index (κ2) is 9.77. The third-order valence-electron chi connectivity index (χ3n) is 5.30. The molecular weight excluding hydrogens is 492 g/mol. The Morgan fingerprint density at radius 3 is 2.49 bits per heavy atom. The van der Waals surface area contributed by atoms with Crippen molar-refractivity contribution in [2.45, 2.75) is 13.8 Å². The van der Waals surface area contributed by atoms with Crippen LogP contribution in [0.25, 0.3) is 0 Å². The van der Waals surface area contributed by atoms with Crippen molar-refractivity contribution in [3.63, 3.8) is 0 Å². The zero-order valence-electron chi connectivity index (χ0n) is 19.3. The van der Waals surface area contributed by atoms with E-state index in [0.29, 0.717) is 27.9 Å². The molecule has 0 fully saturated rings. The van der Waals surface area contributed by atoms with Gasteiger partial charge in [0, 0.05) is 22.2 Å². The molecule has 1 aliphatic heterocycles. The van der Waals surface area contributed by atoms with Gasteiger partial charge >= 0.3 is 0 Å². The maximum absolute atomic E-state index is 13.2. The monoisotopic (exact) mass is 512 g/mol. The number of nitrogens with one attached hydrogen (secondary N) is 2. The number of imide groups is 1. The highest BCUT2D eigenvalue weighted by molar-refractivity contribution is 7.15. The largest absolute Gasteiger partial charge is 0.497 e. The van der Waals surface area contributed by atoms with E-state index in [9.17, 15) is 14.4 Å². The van der Waals surface area contributed by atoms with Crippen molar-refractivity contribution in [2.75, 3.05) is 29.8 Å². The molecule has 35 heavy (non-hydrogen) atoms. The SMILES string of the molecule is COc1ccc(OC)c(N2C(=O)C(Cl)=C(Nc3cccc(C(=O)Nc4nc(C)c(C)s4)c3)C2=O)c1. The lowest BCUT2D eigenvalue weighted by Crippen LogP contribution is -2.32. The molecule has 4 rings (SSSR count). The lowest BCUT2D eigenvalue weighted by Gasteiger charge is -2.19. The third kappa shape index (κ3) is 4.71. The van der Waals surface area contributed by atoms with Gasteiger partial charge in [0.25, 0.3) is 17.7 Å². The molecule has 0 bridgehead atoms. The van der Waals surface area contributed by atoms with Gasteiger partial charge in [-0.05, 0) is 44.2 Å². The first kappa shape index (κ1) is 24.2. The van der Waals surface area contributed by atoms with Crippen molar-refractivity contribution in [1.82, 2.24) is 4.98 Å². The Balaban J connectivity index is 1.57. The molecule has 2 N–H and O–H groups in total. The Morgan fingerprint density at radius 2 is 1.83 bits per heavy atom. The number of amides is 3. The summed E-state index contributed by atoms with van der Waals surface area (Å²) < 4.78 is 10.5. The van der Waals surface area contributed by atoms with Crippen LogP contribution in [0.5, 0.6) is 11.5 Å². The minimum atomic E-state index is -0.714. The predicted octanol–water partition coefficient (Wildman–Crippen LogP) is 4.47. The minimum Gasteiger partial charge on any atom is -0.497 e. The van der Waals surface area contributed by atoms with Crippen molar-refractivity contribution in [2.24, 2.45) is 0 Å². The molecule has 0 saturated carbocycles. The molecule has 3 amide bonds. The van der Waals surface area contributed by atoms with Gasteiger partial charge in [-0.3, -0.25) is 19.7 Å². The topological polar surface area (TPSA) is 110 Å². The number of hydrogen-bond donors (Lipinski definition) is 2. The molecule has 0 spiro atoms. The molecule has 0 atom stereocenters. The normalized spacial score (nSPS) is 13.3. The van der Waals surface area contributed by atoms with Crippen molar-refractivity contribution in [1.29, 1.82) is 0 Å². The number of halogens is 1. The highest BCUT2D eigenvalue weighted by Gasteiger charge is 2.40. The fourth-order valence-corrected chi connectivity index (χ4v) is 4.40. The molecule has 2 heterocycles. The van der Waals surface area contributed by atoms with Crippen LogP contribution in [0.1, 0.15) is 20.9 Å². The number of ether oxygens (including phenoxy) is 2. The lowest BCUT2D eigenvalue weighted by atomic mass is 10.2. The Hall–Kier alpha value is -3.89. The van der Waals surface area contributed by atoms with E-state index < -0.39 is 11.8 Å². The summed E-state index contributed by atoms with van der Waals surface area (Å²) in [5, 5.41) is 5.85. The summed E-state index contributed by atoms with van der Waals surface area (Å²) in [4.78, 5) is 45.1. The molecular formula is C24H21ClN4O5S. The van der Waals surface area contributed by atoms with E-state index in [1.807, 2.05) is 13.8 Å². The summed E-state index contributed by atoms with van der Waals surface area (Å²) in [7, 11) is 2.90. The third-order valence-corrected chi connectivity index (χ3v) is 6.64.